The van der Waals surface area contributed by atoms with Crippen molar-refractivity contribution >= 4 is 46.3 Å². The zero-order chi connectivity index (χ0) is 20.5. The summed E-state index contributed by atoms with van der Waals surface area (Å²) in [6.07, 6.45) is 1.43. The molecule has 6 nitrogen and oxygen atoms in total. The molecule has 0 atom stereocenters. The highest BCUT2D eigenvalue weighted by Crippen LogP contribution is 2.46. The molecule has 0 saturated heterocycles. The van der Waals surface area contributed by atoms with Crippen molar-refractivity contribution in [3.63, 3.8) is 0 Å². The second kappa shape index (κ2) is 11.0. The van der Waals surface area contributed by atoms with E-state index < -0.39 is 12.3 Å². The third-order valence-corrected chi connectivity index (χ3v) is 4.63. The lowest BCUT2D eigenvalue weighted by molar-refractivity contribution is 0.0964. The molecular formula is C20H22Cl2O6. The third kappa shape index (κ3) is 5.66. The van der Waals surface area contributed by atoms with Crippen LogP contribution in [-0.2, 0) is 9.47 Å². The minimum atomic E-state index is -0.885. The Morgan fingerprint density at radius 2 is 1.18 bits per heavy atom. The van der Waals surface area contributed by atoms with Crippen LogP contribution in [0.25, 0.3) is 10.8 Å². The van der Waals surface area contributed by atoms with Crippen LogP contribution in [0.5, 0.6) is 11.5 Å². The van der Waals surface area contributed by atoms with Crippen molar-refractivity contribution < 1.29 is 28.5 Å². The first-order valence-electron chi connectivity index (χ1n) is 9.08. The number of carbonyl (C=O) groups is 2. The highest BCUT2D eigenvalue weighted by molar-refractivity contribution is 6.45. The molecule has 2 aromatic rings. The Hall–Kier alpha value is -2.18. The summed E-state index contributed by atoms with van der Waals surface area (Å²) < 4.78 is 20.6. The number of ether oxygens (including phenoxy) is 4. The Morgan fingerprint density at radius 1 is 0.786 bits per heavy atom. The summed E-state index contributed by atoms with van der Waals surface area (Å²) in [7, 11) is 0. The molecule has 0 bridgehead atoms. The largest absolute Gasteiger partial charge is 0.513 e. The fourth-order valence-corrected chi connectivity index (χ4v) is 2.79. The number of rotatable bonds is 8. The quantitative estimate of drug-likeness (QED) is 0.262. The molecule has 0 unspecified atom stereocenters. The minimum Gasteiger partial charge on any atom is -0.434 e. The maximum Gasteiger partial charge on any atom is 0.513 e. The molecule has 0 N–H and O–H groups in total. The zero-order valence-corrected chi connectivity index (χ0v) is 17.3. The standard InChI is InChI=1S/C20H22Cl2O6/c1-3-5-11-25-19(23)27-17-13-9-7-8-10-14(13)18(16(22)15(17)21)28-20(24)26-12-6-4-2/h7-10H,3-6,11-12H2,1-2H3. The van der Waals surface area contributed by atoms with Gasteiger partial charge in [0.15, 0.2) is 11.5 Å². The Kier molecular flexibility index (Phi) is 8.67. The number of unbranched alkanes of at least 4 members (excludes halogenated alkanes) is 2. The molecule has 0 heterocycles. The van der Waals surface area contributed by atoms with Gasteiger partial charge in [0.1, 0.15) is 10.0 Å². The van der Waals surface area contributed by atoms with E-state index in [2.05, 4.69) is 0 Å². The van der Waals surface area contributed by atoms with Gasteiger partial charge in [0.05, 0.1) is 13.2 Å². The van der Waals surface area contributed by atoms with Crippen molar-refractivity contribution in [2.45, 2.75) is 39.5 Å². The summed E-state index contributed by atoms with van der Waals surface area (Å²) >= 11 is 12.6. The number of halogens is 2. The highest BCUT2D eigenvalue weighted by Gasteiger charge is 2.23. The number of carbonyl (C=O) groups excluding carboxylic acids is 2. The fraction of sp³-hybridized carbons (Fsp3) is 0.400. The highest BCUT2D eigenvalue weighted by atomic mass is 35.5. The van der Waals surface area contributed by atoms with Crippen molar-refractivity contribution in [2.75, 3.05) is 13.2 Å². The summed E-state index contributed by atoms with van der Waals surface area (Å²) in [5.74, 6) is 0.0749. The van der Waals surface area contributed by atoms with Crippen molar-refractivity contribution in [3.8, 4) is 11.5 Å². The van der Waals surface area contributed by atoms with Gasteiger partial charge in [-0.15, -0.1) is 0 Å². The van der Waals surface area contributed by atoms with Crippen molar-refractivity contribution in [1.82, 2.24) is 0 Å². The average Bonchev–Trinajstić information content (AvgIpc) is 2.69. The molecule has 0 aromatic heterocycles. The number of hydrogen-bond donors (Lipinski definition) is 0. The van der Waals surface area contributed by atoms with E-state index in [1.54, 1.807) is 24.3 Å². The first-order chi connectivity index (χ1) is 13.5. The Balaban J connectivity index is 2.32. The normalized spacial score (nSPS) is 10.6. The van der Waals surface area contributed by atoms with Crippen LogP contribution in [0.3, 0.4) is 0 Å². The second-order valence-corrected chi connectivity index (χ2v) is 6.70. The minimum absolute atomic E-state index is 0.0375. The van der Waals surface area contributed by atoms with E-state index in [0.717, 1.165) is 25.7 Å². The molecule has 2 aromatic carbocycles. The maximum absolute atomic E-state index is 12.0. The predicted molar refractivity (Wildman–Crippen MR) is 108 cm³/mol. The maximum atomic E-state index is 12.0. The number of benzene rings is 2. The molecule has 2 rings (SSSR count). The Labute approximate surface area is 173 Å². The lowest BCUT2D eigenvalue weighted by Crippen LogP contribution is -2.14. The topological polar surface area (TPSA) is 71.1 Å². The second-order valence-electron chi connectivity index (χ2n) is 5.94. The molecule has 8 heteroatoms. The third-order valence-electron chi connectivity index (χ3n) is 3.81. The van der Waals surface area contributed by atoms with Crippen molar-refractivity contribution in [3.05, 3.63) is 34.3 Å². The van der Waals surface area contributed by atoms with Gasteiger partial charge < -0.3 is 18.9 Å². The van der Waals surface area contributed by atoms with Crippen LogP contribution in [0, 0.1) is 0 Å². The molecule has 0 aliphatic rings. The van der Waals surface area contributed by atoms with Crippen LogP contribution in [0.4, 0.5) is 9.59 Å². The van der Waals surface area contributed by atoms with Gasteiger partial charge in [0, 0.05) is 10.8 Å². The summed E-state index contributed by atoms with van der Waals surface area (Å²) in [5, 5.41) is 0.759. The van der Waals surface area contributed by atoms with Crippen LogP contribution in [0.1, 0.15) is 39.5 Å². The summed E-state index contributed by atoms with van der Waals surface area (Å²) in [4.78, 5) is 23.9. The zero-order valence-electron chi connectivity index (χ0n) is 15.8. The van der Waals surface area contributed by atoms with Gasteiger partial charge in [0.25, 0.3) is 0 Å². The van der Waals surface area contributed by atoms with Crippen LogP contribution >= 0.6 is 23.2 Å². The predicted octanol–water partition coefficient (Wildman–Crippen LogP) is 6.78. The van der Waals surface area contributed by atoms with Crippen LogP contribution in [-0.4, -0.2) is 25.5 Å². The SMILES string of the molecule is CCCCOC(=O)Oc1c(Cl)c(Cl)c(OC(=O)OCCCC)c2ccccc12. The van der Waals surface area contributed by atoms with Crippen LogP contribution in [0.2, 0.25) is 10.0 Å². The Morgan fingerprint density at radius 3 is 1.54 bits per heavy atom. The molecule has 0 aliphatic heterocycles. The van der Waals surface area contributed by atoms with Gasteiger partial charge >= 0.3 is 12.3 Å². The first kappa shape index (κ1) is 22.1. The van der Waals surface area contributed by atoms with Gasteiger partial charge in [-0.1, -0.05) is 74.2 Å². The number of hydrogen-bond acceptors (Lipinski definition) is 6. The van der Waals surface area contributed by atoms with Gasteiger partial charge in [-0.25, -0.2) is 9.59 Å². The lowest BCUT2D eigenvalue weighted by Gasteiger charge is -2.15. The van der Waals surface area contributed by atoms with E-state index in [4.69, 9.17) is 42.1 Å². The van der Waals surface area contributed by atoms with E-state index in [0.29, 0.717) is 10.8 Å². The summed E-state index contributed by atoms with van der Waals surface area (Å²) in [6.45, 7) is 4.43. The summed E-state index contributed by atoms with van der Waals surface area (Å²) in [6, 6.07) is 6.79. The van der Waals surface area contributed by atoms with E-state index in [-0.39, 0.29) is 34.8 Å². The van der Waals surface area contributed by atoms with E-state index in [1.165, 1.54) is 0 Å². The lowest BCUT2D eigenvalue weighted by atomic mass is 10.1. The van der Waals surface area contributed by atoms with Crippen molar-refractivity contribution in [1.29, 1.82) is 0 Å². The summed E-state index contributed by atoms with van der Waals surface area (Å²) in [5.41, 5.74) is 0. The Bertz CT molecular complexity index is 769. The molecular weight excluding hydrogens is 407 g/mol. The monoisotopic (exact) mass is 428 g/mol. The van der Waals surface area contributed by atoms with Crippen LogP contribution in [0.15, 0.2) is 24.3 Å². The smallest absolute Gasteiger partial charge is 0.434 e. The molecule has 28 heavy (non-hydrogen) atoms. The molecule has 0 spiro atoms. The molecule has 0 amide bonds. The van der Waals surface area contributed by atoms with E-state index in [9.17, 15) is 9.59 Å². The molecule has 0 radical (unpaired) electrons. The van der Waals surface area contributed by atoms with Crippen molar-refractivity contribution in [2.24, 2.45) is 0 Å². The van der Waals surface area contributed by atoms with E-state index >= 15 is 0 Å². The molecule has 152 valence electrons. The van der Waals surface area contributed by atoms with Gasteiger partial charge in [-0.2, -0.15) is 0 Å². The van der Waals surface area contributed by atoms with Crippen LogP contribution < -0.4 is 9.47 Å². The van der Waals surface area contributed by atoms with E-state index in [1.807, 2.05) is 13.8 Å². The van der Waals surface area contributed by atoms with Gasteiger partial charge in [-0.05, 0) is 12.8 Å². The molecule has 0 aliphatic carbocycles. The van der Waals surface area contributed by atoms with Gasteiger partial charge in [-0.3, -0.25) is 0 Å². The average molecular weight is 429 g/mol. The fourth-order valence-electron chi connectivity index (χ4n) is 2.34. The first-order valence-corrected chi connectivity index (χ1v) is 9.84. The molecule has 0 fully saturated rings. The van der Waals surface area contributed by atoms with Gasteiger partial charge in [0.2, 0.25) is 0 Å². The molecule has 0 saturated carbocycles. The number of fused-ring (bicyclic) bond motifs is 1.